The standard InChI is InChI=1S/C21H34N2O6Si/c1-21(2,3)30(6,7)29-18-13-23(11-10-15(18)22-20(25)26)19(24)14-8-9-16(27-4)17(12-14)28-5/h8-9,12,15,18,22H,10-11,13H2,1-7H3,(H,25,26)/t15-,18+/m1/s1. The van der Waals surface area contributed by atoms with Gasteiger partial charge in [0.2, 0.25) is 0 Å². The van der Waals surface area contributed by atoms with E-state index in [4.69, 9.17) is 13.9 Å². The first-order valence-corrected chi connectivity index (χ1v) is 13.0. The van der Waals surface area contributed by atoms with Crippen LogP contribution in [-0.4, -0.2) is 69.8 Å². The van der Waals surface area contributed by atoms with Crippen molar-refractivity contribution in [3.63, 3.8) is 0 Å². The second-order valence-corrected chi connectivity index (χ2v) is 13.8. The molecule has 0 aromatic heterocycles. The summed E-state index contributed by atoms with van der Waals surface area (Å²) in [7, 11) is 0.907. The summed E-state index contributed by atoms with van der Waals surface area (Å²) in [6.45, 7) is 11.4. The third kappa shape index (κ3) is 5.45. The predicted molar refractivity (Wildman–Crippen MR) is 117 cm³/mol. The Bertz CT molecular complexity index is 777. The minimum absolute atomic E-state index is 0.0313. The van der Waals surface area contributed by atoms with E-state index >= 15 is 0 Å². The number of likely N-dealkylation sites (tertiary alicyclic amines) is 1. The van der Waals surface area contributed by atoms with E-state index in [1.165, 1.54) is 7.11 Å². The number of carboxylic acid groups (broad SMARTS) is 1. The second kappa shape index (κ2) is 9.26. The molecule has 1 aliphatic heterocycles. The molecule has 1 aromatic rings. The van der Waals surface area contributed by atoms with Gasteiger partial charge in [0, 0.05) is 18.7 Å². The maximum atomic E-state index is 13.2. The van der Waals surface area contributed by atoms with E-state index < -0.39 is 20.5 Å². The fourth-order valence-electron chi connectivity index (χ4n) is 3.25. The lowest BCUT2D eigenvalue weighted by Crippen LogP contribution is -2.59. The van der Waals surface area contributed by atoms with Crippen molar-refractivity contribution < 1.29 is 28.6 Å². The summed E-state index contributed by atoms with van der Waals surface area (Å²) >= 11 is 0. The van der Waals surface area contributed by atoms with Crippen LogP contribution in [0.1, 0.15) is 37.6 Å². The molecule has 2 N–H and O–H groups in total. The molecule has 8 nitrogen and oxygen atoms in total. The van der Waals surface area contributed by atoms with Gasteiger partial charge in [-0.25, -0.2) is 4.79 Å². The van der Waals surface area contributed by atoms with E-state index in [2.05, 4.69) is 39.2 Å². The van der Waals surface area contributed by atoms with Crippen molar-refractivity contribution in [1.29, 1.82) is 0 Å². The zero-order valence-electron chi connectivity index (χ0n) is 18.9. The summed E-state index contributed by atoms with van der Waals surface area (Å²) in [6, 6.07) is 4.71. The van der Waals surface area contributed by atoms with Gasteiger partial charge < -0.3 is 29.2 Å². The molecule has 9 heteroatoms. The Balaban J connectivity index is 2.24. The molecule has 0 bridgehead atoms. The Morgan fingerprint density at radius 2 is 1.80 bits per heavy atom. The molecule has 0 aliphatic carbocycles. The number of piperidine rings is 1. The van der Waals surface area contributed by atoms with E-state index in [1.807, 2.05) is 0 Å². The summed E-state index contributed by atoms with van der Waals surface area (Å²) in [4.78, 5) is 26.2. The molecule has 1 heterocycles. The maximum absolute atomic E-state index is 13.2. The summed E-state index contributed by atoms with van der Waals surface area (Å²) in [5, 5.41) is 11.8. The summed E-state index contributed by atoms with van der Waals surface area (Å²) in [6.07, 6.45) is -0.992. The zero-order valence-corrected chi connectivity index (χ0v) is 19.9. The van der Waals surface area contributed by atoms with Gasteiger partial charge in [0.1, 0.15) is 0 Å². The van der Waals surface area contributed by atoms with Crippen molar-refractivity contribution in [3.05, 3.63) is 23.8 Å². The highest BCUT2D eigenvalue weighted by molar-refractivity contribution is 6.74. The molecule has 1 aliphatic rings. The molecule has 2 atom stereocenters. The van der Waals surface area contributed by atoms with Gasteiger partial charge in [-0.05, 0) is 42.8 Å². The number of nitrogens with zero attached hydrogens (tertiary/aromatic N) is 1. The molecule has 0 radical (unpaired) electrons. The van der Waals surface area contributed by atoms with Crippen LogP contribution in [0.4, 0.5) is 4.79 Å². The average molecular weight is 439 g/mol. The number of hydrogen-bond acceptors (Lipinski definition) is 5. The van der Waals surface area contributed by atoms with Gasteiger partial charge in [0.25, 0.3) is 5.91 Å². The Morgan fingerprint density at radius 1 is 1.17 bits per heavy atom. The van der Waals surface area contributed by atoms with Crippen LogP contribution in [0.25, 0.3) is 0 Å². The molecule has 0 saturated carbocycles. The summed E-state index contributed by atoms with van der Waals surface area (Å²) in [5.41, 5.74) is 0.489. The number of nitrogens with one attached hydrogen (secondary N) is 1. The molecule has 2 amide bonds. The number of amides is 2. The van der Waals surface area contributed by atoms with Crippen LogP contribution in [0.5, 0.6) is 11.5 Å². The van der Waals surface area contributed by atoms with Gasteiger partial charge in [-0.3, -0.25) is 4.79 Å². The maximum Gasteiger partial charge on any atom is 0.404 e. The van der Waals surface area contributed by atoms with E-state index in [9.17, 15) is 14.7 Å². The molecule has 1 fully saturated rings. The monoisotopic (exact) mass is 438 g/mol. The number of carbonyl (C=O) groups excluding carboxylic acids is 1. The summed E-state index contributed by atoms with van der Waals surface area (Å²) in [5.74, 6) is 0.894. The minimum Gasteiger partial charge on any atom is -0.493 e. The van der Waals surface area contributed by atoms with Crippen LogP contribution in [0.2, 0.25) is 18.1 Å². The first kappa shape index (κ1) is 24.0. The van der Waals surface area contributed by atoms with E-state index in [-0.39, 0.29) is 17.0 Å². The van der Waals surface area contributed by atoms with Gasteiger partial charge in [0.05, 0.1) is 26.4 Å². The van der Waals surface area contributed by atoms with Crippen LogP contribution >= 0.6 is 0 Å². The van der Waals surface area contributed by atoms with Crippen LogP contribution in [0.15, 0.2) is 18.2 Å². The number of methoxy groups -OCH3 is 2. The van der Waals surface area contributed by atoms with Gasteiger partial charge in [-0.2, -0.15) is 0 Å². The van der Waals surface area contributed by atoms with Crippen LogP contribution in [0.3, 0.4) is 0 Å². The van der Waals surface area contributed by atoms with E-state index in [0.717, 1.165) is 0 Å². The summed E-state index contributed by atoms with van der Waals surface area (Å²) < 4.78 is 17.1. The lowest BCUT2D eigenvalue weighted by atomic mass is 10.0. The highest BCUT2D eigenvalue weighted by Crippen LogP contribution is 2.38. The first-order valence-electron chi connectivity index (χ1n) is 10.1. The molecule has 168 valence electrons. The molecule has 1 saturated heterocycles. The SMILES string of the molecule is COc1ccc(C(=O)N2CC[C@@H](NC(=O)O)[C@@H](O[Si](C)(C)C(C)(C)C)C2)cc1OC. The van der Waals surface area contributed by atoms with Gasteiger partial charge >= 0.3 is 6.09 Å². The van der Waals surface area contributed by atoms with E-state index in [1.54, 1.807) is 30.2 Å². The molecule has 0 spiro atoms. The Morgan fingerprint density at radius 3 is 2.33 bits per heavy atom. The normalized spacial score (nSPS) is 19.9. The number of benzene rings is 1. The number of ether oxygens (including phenoxy) is 2. The van der Waals surface area contributed by atoms with Crippen LogP contribution < -0.4 is 14.8 Å². The largest absolute Gasteiger partial charge is 0.493 e. The second-order valence-electron chi connectivity index (χ2n) is 9.08. The molecular weight excluding hydrogens is 404 g/mol. The smallest absolute Gasteiger partial charge is 0.404 e. The molecule has 1 aromatic carbocycles. The molecular formula is C21H34N2O6Si. The Hall–Kier alpha value is -2.26. The molecule has 30 heavy (non-hydrogen) atoms. The Labute approximate surface area is 179 Å². The first-order chi connectivity index (χ1) is 13.9. The van der Waals surface area contributed by atoms with Crippen molar-refractivity contribution in [2.24, 2.45) is 0 Å². The Kier molecular flexibility index (Phi) is 7.41. The van der Waals surface area contributed by atoms with E-state index in [0.29, 0.717) is 36.6 Å². The van der Waals surface area contributed by atoms with Crippen molar-refractivity contribution in [2.45, 2.75) is 57.5 Å². The van der Waals surface area contributed by atoms with Gasteiger partial charge in [-0.1, -0.05) is 20.8 Å². The van der Waals surface area contributed by atoms with Crippen molar-refractivity contribution in [1.82, 2.24) is 10.2 Å². The van der Waals surface area contributed by atoms with Gasteiger partial charge in [-0.15, -0.1) is 0 Å². The fourth-order valence-corrected chi connectivity index (χ4v) is 4.60. The van der Waals surface area contributed by atoms with Gasteiger partial charge in [0.15, 0.2) is 19.8 Å². The number of rotatable bonds is 6. The topological polar surface area (TPSA) is 97.3 Å². The highest BCUT2D eigenvalue weighted by atomic mass is 28.4. The van der Waals surface area contributed by atoms with Crippen molar-refractivity contribution in [2.75, 3.05) is 27.3 Å². The molecule has 2 rings (SSSR count). The van der Waals surface area contributed by atoms with Crippen LogP contribution in [0, 0.1) is 0 Å². The van der Waals surface area contributed by atoms with Crippen molar-refractivity contribution in [3.8, 4) is 11.5 Å². The lowest BCUT2D eigenvalue weighted by Gasteiger charge is -2.45. The lowest BCUT2D eigenvalue weighted by molar-refractivity contribution is 0.0372. The van der Waals surface area contributed by atoms with Crippen LogP contribution in [-0.2, 0) is 4.43 Å². The fraction of sp³-hybridized carbons (Fsp3) is 0.619. The van der Waals surface area contributed by atoms with Crippen molar-refractivity contribution >= 4 is 20.3 Å². The quantitative estimate of drug-likeness (QED) is 0.659. The third-order valence-electron chi connectivity index (χ3n) is 6.04. The average Bonchev–Trinajstić information content (AvgIpc) is 2.66. The predicted octanol–water partition coefficient (Wildman–Crippen LogP) is 3.58. The number of carbonyl (C=O) groups is 2. The molecule has 0 unspecified atom stereocenters. The number of hydrogen-bond donors (Lipinski definition) is 2. The third-order valence-corrected chi connectivity index (χ3v) is 10.5. The minimum atomic E-state index is -2.16. The highest BCUT2D eigenvalue weighted by Gasteiger charge is 2.43. The zero-order chi connectivity index (χ0) is 22.7.